The monoisotopic (exact) mass is 661 g/mol. The lowest BCUT2D eigenvalue weighted by atomic mass is 9.97. The third-order valence-electron chi connectivity index (χ3n) is 8.28. The predicted molar refractivity (Wildman–Crippen MR) is 185 cm³/mol. The summed E-state index contributed by atoms with van der Waals surface area (Å²) in [7, 11) is 0. The third-order valence-corrected chi connectivity index (χ3v) is 9.65. The van der Waals surface area contributed by atoms with Crippen molar-refractivity contribution < 1.29 is 29.0 Å². The van der Waals surface area contributed by atoms with Crippen LogP contribution in [0.1, 0.15) is 55.5 Å². The average molecular weight is 662 g/mol. The van der Waals surface area contributed by atoms with Gasteiger partial charge in [0.2, 0.25) is 5.91 Å². The Bertz CT molecular complexity index is 1540. The van der Waals surface area contributed by atoms with Gasteiger partial charge in [-0.25, -0.2) is 0 Å². The molecule has 4 rings (SSSR count). The molecular weight excluding hydrogens is 614 g/mol. The lowest BCUT2D eigenvalue weighted by Gasteiger charge is -2.33. The van der Waals surface area contributed by atoms with E-state index < -0.39 is 34.7 Å². The molecule has 0 saturated carbocycles. The zero-order valence-corrected chi connectivity index (χ0v) is 29.1. The molecule has 1 aliphatic heterocycles. The maximum absolute atomic E-state index is 14.0. The number of carbonyl (C=O) groups is 3. The summed E-state index contributed by atoms with van der Waals surface area (Å²) in [6.45, 7) is 13.5. The number of ether oxygens (including phenoxy) is 2. The lowest BCUT2D eigenvalue weighted by Crippen LogP contribution is -2.59. The van der Waals surface area contributed by atoms with Gasteiger partial charge in [-0.1, -0.05) is 54.6 Å². The van der Waals surface area contributed by atoms with E-state index in [2.05, 4.69) is 10.6 Å². The SMILES string of the molecule is Cc1ccccc1CNC(=O)C1N(C(=O)[C@@H](O)[C@H](Cc2ccc(OC(C)C)cc2)NC(=O)COc2c(C)cccc2C)CSC1(C)C. The molecule has 3 atom stereocenters. The van der Waals surface area contributed by atoms with Gasteiger partial charge in [-0.15, -0.1) is 11.8 Å². The summed E-state index contributed by atoms with van der Waals surface area (Å²) in [5.74, 6) is 0.134. The second-order valence-electron chi connectivity index (χ2n) is 12.9. The Morgan fingerprint density at radius 1 is 0.957 bits per heavy atom. The zero-order chi connectivity index (χ0) is 34.3. The number of aliphatic hydroxyl groups is 1. The molecule has 3 aromatic carbocycles. The van der Waals surface area contributed by atoms with Gasteiger partial charge >= 0.3 is 0 Å². The summed E-state index contributed by atoms with van der Waals surface area (Å²) < 4.78 is 11.0. The van der Waals surface area contributed by atoms with Crippen molar-refractivity contribution >= 4 is 29.5 Å². The summed E-state index contributed by atoms with van der Waals surface area (Å²) in [5, 5.41) is 17.4. The van der Waals surface area contributed by atoms with Crippen molar-refractivity contribution in [2.45, 2.75) is 90.5 Å². The van der Waals surface area contributed by atoms with E-state index in [9.17, 15) is 19.5 Å². The van der Waals surface area contributed by atoms with Crippen molar-refractivity contribution in [2.24, 2.45) is 0 Å². The van der Waals surface area contributed by atoms with Crippen LogP contribution in [0.4, 0.5) is 0 Å². The number of para-hydroxylation sites is 1. The van der Waals surface area contributed by atoms with Crippen LogP contribution in [0.2, 0.25) is 0 Å². The quantitative estimate of drug-likeness (QED) is 0.240. The molecule has 1 fully saturated rings. The fourth-order valence-corrected chi connectivity index (χ4v) is 6.87. The van der Waals surface area contributed by atoms with Crippen LogP contribution < -0.4 is 20.1 Å². The Kier molecular flexibility index (Phi) is 12.0. The normalized spacial score (nSPS) is 16.8. The van der Waals surface area contributed by atoms with E-state index in [0.29, 0.717) is 18.0 Å². The molecular formula is C37H47N3O6S. The number of aliphatic hydroxyl groups excluding tert-OH is 1. The molecule has 1 unspecified atom stereocenters. The Morgan fingerprint density at radius 2 is 1.60 bits per heavy atom. The van der Waals surface area contributed by atoms with Gasteiger partial charge in [0.15, 0.2) is 12.7 Å². The van der Waals surface area contributed by atoms with Gasteiger partial charge in [0.05, 0.1) is 18.0 Å². The molecule has 252 valence electrons. The molecule has 0 spiro atoms. The summed E-state index contributed by atoms with van der Waals surface area (Å²) >= 11 is 1.47. The maximum atomic E-state index is 14.0. The number of hydrogen-bond acceptors (Lipinski definition) is 7. The highest BCUT2D eigenvalue weighted by atomic mass is 32.2. The molecule has 0 bridgehead atoms. The summed E-state index contributed by atoms with van der Waals surface area (Å²) in [6, 6.07) is 19.0. The standard InChI is InChI=1S/C37H47N3O6S/c1-23(2)46-29-17-15-27(16-18-29)19-30(39-31(41)21-45-33-25(4)12-10-13-26(33)5)32(42)36(44)40-22-47-37(6,7)34(40)35(43)38-20-28-14-9-8-11-24(28)3/h8-18,23,30,32,34,42H,19-22H2,1-7H3,(H,38,43)(H,39,41)/t30-,32-,34?/m0/s1. The van der Waals surface area contributed by atoms with Gasteiger partial charge in [-0.3, -0.25) is 14.4 Å². The fourth-order valence-electron chi connectivity index (χ4n) is 5.73. The average Bonchev–Trinajstić information content (AvgIpc) is 3.34. The molecule has 1 aliphatic rings. The molecule has 47 heavy (non-hydrogen) atoms. The lowest BCUT2D eigenvalue weighted by molar-refractivity contribution is -0.148. The number of aryl methyl sites for hydroxylation is 3. The summed E-state index contributed by atoms with van der Waals surface area (Å²) in [6.07, 6.45) is -1.45. The van der Waals surface area contributed by atoms with Crippen LogP contribution in [-0.4, -0.2) is 69.3 Å². The van der Waals surface area contributed by atoms with Crippen LogP contribution in [0, 0.1) is 20.8 Å². The Morgan fingerprint density at radius 3 is 2.23 bits per heavy atom. The molecule has 9 nitrogen and oxygen atoms in total. The molecule has 10 heteroatoms. The van der Waals surface area contributed by atoms with Crippen LogP contribution in [0.15, 0.2) is 66.7 Å². The van der Waals surface area contributed by atoms with Gasteiger partial charge in [0.25, 0.3) is 11.8 Å². The smallest absolute Gasteiger partial charge is 0.258 e. The van der Waals surface area contributed by atoms with Crippen molar-refractivity contribution in [3.05, 3.63) is 94.5 Å². The number of thioether (sulfide) groups is 1. The number of amides is 3. The minimum atomic E-state index is -1.62. The van der Waals surface area contributed by atoms with Gasteiger partial charge in [-0.05, 0) is 94.8 Å². The highest BCUT2D eigenvalue weighted by molar-refractivity contribution is 8.00. The van der Waals surface area contributed by atoms with E-state index in [-0.39, 0.29) is 30.9 Å². The van der Waals surface area contributed by atoms with Gasteiger partial charge < -0.3 is 30.1 Å². The van der Waals surface area contributed by atoms with Crippen LogP contribution in [0.5, 0.6) is 11.5 Å². The molecule has 3 N–H and O–H groups in total. The van der Waals surface area contributed by atoms with Crippen LogP contribution >= 0.6 is 11.8 Å². The first kappa shape index (κ1) is 35.8. The second kappa shape index (κ2) is 15.7. The van der Waals surface area contributed by atoms with E-state index >= 15 is 0 Å². The molecule has 3 aromatic rings. The molecule has 3 amide bonds. The minimum absolute atomic E-state index is 0.00802. The number of rotatable bonds is 13. The Hall–Kier alpha value is -4.02. The van der Waals surface area contributed by atoms with Crippen molar-refractivity contribution in [3.63, 3.8) is 0 Å². The Balaban J connectivity index is 1.52. The van der Waals surface area contributed by atoms with E-state index in [1.54, 1.807) is 0 Å². The number of carbonyl (C=O) groups excluding carboxylic acids is 3. The first-order valence-corrected chi connectivity index (χ1v) is 16.9. The number of benzene rings is 3. The maximum Gasteiger partial charge on any atom is 0.258 e. The molecule has 0 aromatic heterocycles. The highest BCUT2D eigenvalue weighted by Gasteiger charge is 2.49. The third kappa shape index (κ3) is 9.29. The molecule has 1 saturated heterocycles. The van der Waals surface area contributed by atoms with Crippen molar-refractivity contribution in [3.8, 4) is 11.5 Å². The van der Waals surface area contributed by atoms with E-state index in [1.807, 2.05) is 115 Å². The molecule has 0 aliphatic carbocycles. The second-order valence-corrected chi connectivity index (χ2v) is 14.5. The largest absolute Gasteiger partial charge is 0.491 e. The highest BCUT2D eigenvalue weighted by Crippen LogP contribution is 2.40. The zero-order valence-electron chi connectivity index (χ0n) is 28.3. The van der Waals surface area contributed by atoms with E-state index in [4.69, 9.17) is 9.47 Å². The van der Waals surface area contributed by atoms with Crippen LogP contribution in [-0.2, 0) is 27.3 Å². The summed E-state index contributed by atoms with van der Waals surface area (Å²) in [4.78, 5) is 42.3. The van der Waals surface area contributed by atoms with Crippen molar-refractivity contribution in [1.82, 2.24) is 15.5 Å². The molecule has 1 heterocycles. The Labute approximate surface area is 282 Å². The number of hydrogen-bond donors (Lipinski definition) is 3. The minimum Gasteiger partial charge on any atom is -0.491 e. The molecule has 0 radical (unpaired) electrons. The summed E-state index contributed by atoms with van der Waals surface area (Å²) in [5.41, 5.74) is 4.62. The van der Waals surface area contributed by atoms with Gasteiger partial charge in [0, 0.05) is 11.3 Å². The van der Waals surface area contributed by atoms with Gasteiger partial charge in [0.1, 0.15) is 17.5 Å². The first-order valence-electron chi connectivity index (χ1n) is 16.0. The van der Waals surface area contributed by atoms with Crippen LogP contribution in [0.25, 0.3) is 0 Å². The van der Waals surface area contributed by atoms with Gasteiger partial charge in [-0.2, -0.15) is 0 Å². The first-order chi connectivity index (χ1) is 22.3. The van der Waals surface area contributed by atoms with Crippen LogP contribution in [0.3, 0.4) is 0 Å². The van der Waals surface area contributed by atoms with Crippen molar-refractivity contribution in [1.29, 1.82) is 0 Å². The topological polar surface area (TPSA) is 117 Å². The fraction of sp³-hybridized carbons (Fsp3) is 0.432. The van der Waals surface area contributed by atoms with E-state index in [0.717, 1.165) is 27.8 Å². The van der Waals surface area contributed by atoms with E-state index in [1.165, 1.54) is 16.7 Å². The van der Waals surface area contributed by atoms with Crippen molar-refractivity contribution in [2.75, 3.05) is 12.5 Å². The number of nitrogens with zero attached hydrogens (tertiary/aromatic N) is 1. The number of nitrogens with one attached hydrogen (secondary N) is 2. The predicted octanol–water partition coefficient (Wildman–Crippen LogP) is 4.86.